The van der Waals surface area contributed by atoms with Crippen molar-refractivity contribution in [1.29, 1.82) is 0 Å². The fourth-order valence-electron chi connectivity index (χ4n) is 1.57. The van der Waals surface area contributed by atoms with Crippen LogP contribution < -0.4 is 11.1 Å². The summed E-state index contributed by atoms with van der Waals surface area (Å²) >= 11 is 0. The van der Waals surface area contributed by atoms with Crippen molar-refractivity contribution in [3.05, 3.63) is 0 Å². The van der Waals surface area contributed by atoms with Crippen LogP contribution in [-0.4, -0.2) is 45.6 Å². The SMILES string of the molecule is CCCC(C)(N)CNCC(COC)OC. The van der Waals surface area contributed by atoms with E-state index in [-0.39, 0.29) is 11.6 Å². The van der Waals surface area contributed by atoms with Gasteiger partial charge in [-0.3, -0.25) is 0 Å². The van der Waals surface area contributed by atoms with Crippen molar-refractivity contribution in [1.82, 2.24) is 5.32 Å². The van der Waals surface area contributed by atoms with Gasteiger partial charge in [0.25, 0.3) is 0 Å². The summed E-state index contributed by atoms with van der Waals surface area (Å²) in [5.74, 6) is 0. The van der Waals surface area contributed by atoms with Gasteiger partial charge < -0.3 is 20.5 Å². The first kappa shape index (κ1) is 14.8. The van der Waals surface area contributed by atoms with E-state index >= 15 is 0 Å². The Balaban J connectivity index is 3.66. The molecule has 0 radical (unpaired) electrons. The van der Waals surface area contributed by atoms with Gasteiger partial charge in [-0.2, -0.15) is 0 Å². The number of nitrogens with one attached hydrogen (secondary N) is 1. The molecular formula is C11H26N2O2. The van der Waals surface area contributed by atoms with Gasteiger partial charge in [-0.25, -0.2) is 0 Å². The summed E-state index contributed by atoms with van der Waals surface area (Å²) in [5, 5.41) is 3.32. The molecule has 3 N–H and O–H groups in total. The zero-order valence-corrected chi connectivity index (χ0v) is 10.5. The van der Waals surface area contributed by atoms with Gasteiger partial charge in [-0.1, -0.05) is 13.3 Å². The van der Waals surface area contributed by atoms with E-state index < -0.39 is 0 Å². The molecule has 0 rings (SSSR count). The molecular weight excluding hydrogens is 192 g/mol. The number of hydrogen-bond acceptors (Lipinski definition) is 4. The molecule has 0 aliphatic carbocycles. The molecule has 92 valence electrons. The quantitative estimate of drug-likeness (QED) is 0.600. The summed E-state index contributed by atoms with van der Waals surface area (Å²) in [6.07, 6.45) is 2.25. The van der Waals surface area contributed by atoms with E-state index in [9.17, 15) is 0 Å². The van der Waals surface area contributed by atoms with Crippen LogP contribution >= 0.6 is 0 Å². The molecule has 0 heterocycles. The molecule has 0 aromatic rings. The third-order valence-electron chi connectivity index (χ3n) is 2.41. The van der Waals surface area contributed by atoms with Crippen molar-refractivity contribution in [2.45, 2.75) is 38.3 Å². The monoisotopic (exact) mass is 218 g/mol. The highest BCUT2D eigenvalue weighted by atomic mass is 16.5. The summed E-state index contributed by atoms with van der Waals surface area (Å²) in [6.45, 7) is 6.42. The minimum absolute atomic E-state index is 0.104. The molecule has 0 aromatic carbocycles. The summed E-state index contributed by atoms with van der Waals surface area (Å²) in [5.41, 5.74) is 5.97. The van der Waals surface area contributed by atoms with E-state index in [4.69, 9.17) is 15.2 Å². The number of rotatable bonds is 9. The van der Waals surface area contributed by atoms with E-state index in [1.54, 1.807) is 14.2 Å². The summed E-state index contributed by atoms with van der Waals surface area (Å²) in [7, 11) is 3.37. The largest absolute Gasteiger partial charge is 0.382 e. The molecule has 2 unspecified atom stereocenters. The molecule has 0 fully saturated rings. The van der Waals surface area contributed by atoms with Gasteiger partial charge in [0.05, 0.1) is 12.7 Å². The van der Waals surface area contributed by atoms with Crippen LogP contribution in [0.4, 0.5) is 0 Å². The Morgan fingerprint density at radius 3 is 2.53 bits per heavy atom. The molecule has 4 heteroatoms. The average molecular weight is 218 g/mol. The first-order valence-electron chi connectivity index (χ1n) is 5.57. The van der Waals surface area contributed by atoms with E-state index in [2.05, 4.69) is 19.2 Å². The minimum atomic E-state index is -0.125. The molecule has 0 spiro atoms. The first-order valence-corrected chi connectivity index (χ1v) is 5.57. The van der Waals surface area contributed by atoms with E-state index in [1.807, 2.05) is 0 Å². The average Bonchev–Trinajstić information content (AvgIpc) is 2.16. The number of hydrogen-bond donors (Lipinski definition) is 2. The highest BCUT2D eigenvalue weighted by Gasteiger charge is 2.17. The van der Waals surface area contributed by atoms with Gasteiger partial charge in [0.2, 0.25) is 0 Å². The maximum atomic E-state index is 6.09. The van der Waals surface area contributed by atoms with Crippen LogP contribution in [0.15, 0.2) is 0 Å². The molecule has 0 amide bonds. The van der Waals surface area contributed by atoms with Gasteiger partial charge in [0, 0.05) is 32.8 Å². The van der Waals surface area contributed by atoms with Gasteiger partial charge in [-0.15, -0.1) is 0 Å². The lowest BCUT2D eigenvalue weighted by Crippen LogP contribution is -2.48. The van der Waals surface area contributed by atoms with Gasteiger partial charge in [-0.05, 0) is 13.3 Å². The summed E-state index contributed by atoms with van der Waals surface area (Å²) in [4.78, 5) is 0. The molecule has 0 aliphatic rings. The Labute approximate surface area is 93.5 Å². The zero-order valence-electron chi connectivity index (χ0n) is 10.5. The van der Waals surface area contributed by atoms with Gasteiger partial charge in [0.1, 0.15) is 0 Å². The van der Waals surface area contributed by atoms with Crippen LogP contribution in [-0.2, 0) is 9.47 Å². The topological polar surface area (TPSA) is 56.5 Å². The van der Waals surface area contributed by atoms with Crippen LogP contribution in [0.3, 0.4) is 0 Å². The second-order valence-corrected chi connectivity index (χ2v) is 4.35. The lowest BCUT2D eigenvalue weighted by molar-refractivity contribution is 0.0283. The number of nitrogens with two attached hydrogens (primary N) is 1. The van der Waals surface area contributed by atoms with Crippen molar-refractivity contribution in [3.63, 3.8) is 0 Å². The van der Waals surface area contributed by atoms with Gasteiger partial charge in [0.15, 0.2) is 0 Å². The standard InChI is InChI=1S/C11H26N2O2/c1-5-6-11(2,12)9-13-7-10(15-4)8-14-3/h10,13H,5-9,12H2,1-4H3. The number of ether oxygens (including phenoxy) is 2. The highest BCUT2D eigenvalue weighted by molar-refractivity contribution is 4.81. The Morgan fingerprint density at radius 1 is 1.40 bits per heavy atom. The Kier molecular flexibility index (Phi) is 7.96. The first-order chi connectivity index (χ1) is 7.05. The molecule has 0 aliphatic heterocycles. The van der Waals surface area contributed by atoms with Crippen molar-refractivity contribution in [2.24, 2.45) is 5.73 Å². The third kappa shape index (κ3) is 7.73. The Bertz CT molecular complexity index is 152. The molecule has 2 atom stereocenters. The predicted molar refractivity (Wildman–Crippen MR) is 63.0 cm³/mol. The fourth-order valence-corrected chi connectivity index (χ4v) is 1.57. The lowest BCUT2D eigenvalue weighted by atomic mass is 9.98. The number of methoxy groups -OCH3 is 2. The predicted octanol–water partition coefficient (Wildman–Crippen LogP) is 0.755. The van der Waals surface area contributed by atoms with Crippen LogP contribution in [0.2, 0.25) is 0 Å². The van der Waals surface area contributed by atoms with Crippen molar-refractivity contribution >= 4 is 0 Å². The molecule has 0 saturated carbocycles. The maximum absolute atomic E-state index is 6.09. The van der Waals surface area contributed by atoms with Crippen LogP contribution in [0.5, 0.6) is 0 Å². The lowest BCUT2D eigenvalue weighted by Gasteiger charge is -2.25. The Hall–Kier alpha value is -0.160. The van der Waals surface area contributed by atoms with E-state index in [0.29, 0.717) is 6.61 Å². The van der Waals surface area contributed by atoms with Crippen LogP contribution in [0.25, 0.3) is 0 Å². The molecule has 0 bridgehead atoms. The summed E-state index contributed by atoms with van der Waals surface area (Å²) in [6, 6.07) is 0. The summed E-state index contributed by atoms with van der Waals surface area (Å²) < 4.78 is 10.3. The van der Waals surface area contributed by atoms with Crippen molar-refractivity contribution in [2.75, 3.05) is 33.9 Å². The normalized spacial score (nSPS) is 17.4. The highest BCUT2D eigenvalue weighted by Crippen LogP contribution is 2.06. The molecule has 0 aromatic heterocycles. The second kappa shape index (κ2) is 8.05. The van der Waals surface area contributed by atoms with E-state index in [0.717, 1.165) is 25.9 Å². The van der Waals surface area contributed by atoms with Gasteiger partial charge >= 0.3 is 0 Å². The third-order valence-corrected chi connectivity index (χ3v) is 2.41. The Morgan fingerprint density at radius 2 is 2.07 bits per heavy atom. The smallest absolute Gasteiger partial charge is 0.0928 e. The van der Waals surface area contributed by atoms with Crippen LogP contribution in [0, 0.1) is 0 Å². The van der Waals surface area contributed by atoms with Crippen molar-refractivity contribution in [3.8, 4) is 0 Å². The second-order valence-electron chi connectivity index (χ2n) is 4.35. The van der Waals surface area contributed by atoms with Crippen LogP contribution in [0.1, 0.15) is 26.7 Å². The molecule has 4 nitrogen and oxygen atoms in total. The van der Waals surface area contributed by atoms with Crippen molar-refractivity contribution < 1.29 is 9.47 Å². The minimum Gasteiger partial charge on any atom is -0.382 e. The van der Waals surface area contributed by atoms with E-state index in [1.165, 1.54) is 0 Å². The zero-order chi connectivity index (χ0) is 11.7. The molecule has 0 saturated heterocycles. The molecule has 15 heavy (non-hydrogen) atoms. The maximum Gasteiger partial charge on any atom is 0.0928 e. The fraction of sp³-hybridized carbons (Fsp3) is 1.00.